The number of carbonyl (C=O) groups is 3. The molecule has 35 heavy (non-hydrogen) atoms. The van der Waals surface area contributed by atoms with Gasteiger partial charge in [0.05, 0.1) is 10.8 Å². The van der Waals surface area contributed by atoms with Crippen LogP contribution < -0.4 is 5.32 Å². The number of aliphatic carboxylic acids is 1. The monoisotopic (exact) mass is 538 g/mol. The van der Waals surface area contributed by atoms with Gasteiger partial charge in [0.1, 0.15) is 28.1 Å². The minimum Gasteiger partial charge on any atom is -0.508 e. The number of tetrazole rings is 1. The highest BCUT2D eigenvalue weighted by atomic mass is 32.2. The Labute approximate surface area is 211 Å². The van der Waals surface area contributed by atoms with Gasteiger partial charge >= 0.3 is 5.97 Å². The van der Waals surface area contributed by atoms with E-state index in [4.69, 9.17) is 0 Å². The van der Waals surface area contributed by atoms with Crippen LogP contribution in [0.3, 0.4) is 0 Å². The zero-order valence-electron chi connectivity index (χ0n) is 18.7. The molecule has 1 saturated heterocycles. The van der Waals surface area contributed by atoms with Crippen molar-refractivity contribution in [2.45, 2.75) is 40.1 Å². The van der Waals surface area contributed by atoms with E-state index in [1.807, 2.05) is 0 Å². The van der Waals surface area contributed by atoms with Crippen LogP contribution in [0.25, 0.3) is 0 Å². The van der Waals surface area contributed by atoms with Gasteiger partial charge in [-0.2, -0.15) is 0 Å². The van der Waals surface area contributed by atoms with Crippen molar-refractivity contribution in [3.8, 4) is 5.75 Å². The van der Waals surface area contributed by atoms with E-state index in [0.717, 1.165) is 0 Å². The van der Waals surface area contributed by atoms with Crippen molar-refractivity contribution in [2.24, 2.45) is 7.05 Å². The molecule has 2 amide bonds. The van der Waals surface area contributed by atoms with Gasteiger partial charge in [-0.3, -0.25) is 18.7 Å². The zero-order chi connectivity index (χ0) is 25.3. The molecule has 2 aliphatic heterocycles. The Morgan fingerprint density at radius 1 is 1.34 bits per heavy atom. The van der Waals surface area contributed by atoms with Crippen LogP contribution in [0.4, 0.5) is 0 Å². The van der Waals surface area contributed by atoms with Gasteiger partial charge in [-0.15, -0.1) is 16.9 Å². The molecule has 0 spiro atoms. The van der Waals surface area contributed by atoms with Gasteiger partial charge in [0.2, 0.25) is 11.1 Å². The Balaban J connectivity index is 1.46. The second-order valence-corrected chi connectivity index (χ2v) is 11.4. The van der Waals surface area contributed by atoms with Gasteiger partial charge < -0.3 is 15.5 Å². The summed E-state index contributed by atoms with van der Waals surface area (Å²) in [7, 11) is -0.0220. The summed E-state index contributed by atoms with van der Waals surface area (Å²) in [6.07, 6.45) is 0.264. The number of hydrogen-bond donors (Lipinski definition) is 3. The second-order valence-electron chi connectivity index (χ2n) is 7.72. The van der Waals surface area contributed by atoms with Gasteiger partial charge in [-0.25, -0.2) is 9.48 Å². The van der Waals surface area contributed by atoms with Crippen LogP contribution in [0.1, 0.15) is 13.3 Å². The quantitative estimate of drug-likeness (QED) is 0.297. The van der Waals surface area contributed by atoms with E-state index in [1.165, 1.54) is 57.4 Å². The molecule has 15 heteroatoms. The summed E-state index contributed by atoms with van der Waals surface area (Å²) in [4.78, 5) is 39.5. The number of phenols is 1. The molecule has 12 nitrogen and oxygen atoms in total. The lowest BCUT2D eigenvalue weighted by molar-refractivity contribution is -0.150. The van der Waals surface area contributed by atoms with Crippen molar-refractivity contribution in [1.82, 2.24) is 30.4 Å². The fourth-order valence-corrected chi connectivity index (χ4v) is 7.35. The molecule has 0 saturated carbocycles. The van der Waals surface area contributed by atoms with Gasteiger partial charge in [0.15, 0.2) is 0 Å². The van der Waals surface area contributed by atoms with Crippen molar-refractivity contribution < 1.29 is 28.8 Å². The average molecular weight is 539 g/mol. The number of nitrogens with zero attached hydrogens (tertiary/aromatic N) is 5. The summed E-state index contributed by atoms with van der Waals surface area (Å²) in [6.45, 7) is 1.72. The Morgan fingerprint density at radius 2 is 2.06 bits per heavy atom. The summed E-state index contributed by atoms with van der Waals surface area (Å²) in [5.41, 5.74) is 0.469. The summed E-state index contributed by atoms with van der Waals surface area (Å²) in [5, 5.41) is 32.1. The molecule has 0 radical (unpaired) electrons. The first-order valence-corrected chi connectivity index (χ1v) is 13.7. The summed E-state index contributed by atoms with van der Waals surface area (Å²) in [5.74, 6) is -1.63. The molecule has 3 N–H and O–H groups in total. The number of rotatable bonds is 9. The maximum absolute atomic E-state index is 12.9. The molecule has 1 aromatic carbocycles. The molecule has 2 aromatic rings. The minimum atomic E-state index is -1.69. The van der Waals surface area contributed by atoms with Crippen LogP contribution >= 0.6 is 23.5 Å². The summed E-state index contributed by atoms with van der Waals surface area (Å²) < 4.78 is 14.4. The Hall–Kier alpha value is -2.91. The van der Waals surface area contributed by atoms with E-state index in [0.29, 0.717) is 27.1 Å². The van der Waals surface area contributed by atoms with E-state index in [-0.39, 0.29) is 17.9 Å². The normalized spacial score (nSPS) is 21.2. The predicted molar refractivity (Wildman–Crippen MR) is 128 cm³/mol. The van der Waals surface area contributed by atoms with Gasteiger partial charge in [-0.1, -0.05) is 18.7 Å². The van der Waals surface area contributed by atoms with Crippen molar-refractivity contribution in [1.29, 1.82) is 0 Å². The average Bonchev–Trinajstić information content (AvgIpc) is 3.25. The zero-order valence-corrected chi connectivity index (χ0v) is 21.1. The summed E-state index contributed by atoms with van der Waals surface area (Å²) in [6, 6.07) is 4.83. The molecule has 0 bridgehead atoms. The van der Waals surface area contributed by atoms with E-state index in [2.05, 4.69) is 20.8 Å². The van der Waals surface area contributed by atoms with Gasteiger partial charge in [0.25, 0.3) is 5.91 Å². The highest BCUT2D eigenvalue weighted by Crippen LogP contribution is 2.41. The fourth-order valence-electron chi connectivity index (χ4n) is 3.71. The lowest BCUT2D eigenvalue weighted by Crippen LogP contribution is -2.71. The lowest BCUT2D eigenvalue weighted by atomic mass is 10.0. The molecule has 2 aliphatic rings. The fraction of sp³-hybridized carbons (Fsp3) is 0.400. The maximum Gasteiger partial charge on any atom is 0.352 e. The topological polar surface area (TPSA) is 168 Å². The number of aryl methyl sites for hydroxylation is 1. The standard InChI is InChI=1S/C20H22N6O6S3/c1-3-13(35(32)12-6-4-11(27)5-7-12)16(28)21-14-17(29)26-15(19(30)31)10(8-33-18(14)26)9-34-20-22-23-24-25(20)2/h4-7,13-14,18,27H,3,8-9H2,1-2H3,(H,21,28)(H,30,31)/t13?,14?,18-,35?/m1/s1. The Kier molecular flexibility index (Phi) is 7.47. The molecule has 0 aliphatic carbocycles. The van der Waals surface area contributed by atoms with Gasteiger partial charge in [-0.05, 0) is 46.7 Å². The molecular formula is C20H22N6O6S3. The van der Waals surface area contributed by atoms with E-state index >= 15 is 0 Å². The smallest absolute Gasteiger partial charge is 0.352 e. The molecule has 1 aromatic heterocycles. The van der Waals surface area contributed by atoms with E-state index in [1.54, 1.807) is 14.0 Å². The highest BCUT2D eigenvalue weighted by molar-refractivity contribution is 8.01. The minimum absolute atomic E-state index is 0.0195. The van der Waals surface area contributed by atoms with E-state index < -0.39 is 45.2 Å². The molecule has 3 heterocycles. The number of carboxylic acids is 1. The van der Waals surface area contributed by atoms with Crippen molar-refractivity contribution in [3.05, 3.63) is 35.5 Å². The first kappa shape index (κ1) is 25.2. The molecular weight excluding hydrogens is 516 g/mol. The van der Waals surface area contributed by atoms with Crippen LogP contribution in [-0.4, -0.2) is 85.5 Å². The number of carboxylic acid groups (broad SMARTS) is 1. The van der Waals surface area contributed by atoms with Crippen molar-refractivity contribution in [2.75, 3.05) is 11.5 Å². The third kappa shape index (κ3) is 4.92. The number of aromatic nitrogens is 4. The Bertz CT molecular complexity index is 1220. The number of amides is 2. The summed E-state index contributed by atoms with van der Waals surface area (Å²) >= 11 is 2.62. The predicted octanol–water partition coefficient (Wildman–Crippen LogP) is 0.333. The van der Waals surface area contributed by atoms with Crippen molar-refractivity contribution in [3.63, 3.8) is 0 Å². The SMILES string of the molecule is CCC(C(=O)NC1C(=O)N2C(C(=O)O)=C(CSc3nnnn3C)CS[C@H]12)S(=O)c1ccc(O)cc1. The molecule has 1 fully saturated rings. The lowest BCUT2D eigenvalue weighted by Gasteiger charge is -2.49. The number of β-lactam (4-membered cyclic amide) rings is 1. The molecule has 3 unspecified atom stereocenters. The van der Waals surface area contributed by atoms with Crippen LogP contribution in [0.15, 0.2) is 45.6 Å². The first-order valence-electron chi connectivity index (χ1n) is 10.5. The number of thioether (sulfide) groups is 2. The molecule has 186 valence electrons. The third-order valence-electron chi connectivity index (χ3n) is 5.50. The number of benzene rings is 1. The number of carbonyl (C=O) groups excluding carboxylic acids is 2. The number of nitrogens with one attached hydrogen (secondary N) is 1. The third-order valence-corrected chi connectivity index (χ3v) is 9.73. The van der Waals surface area contributed by atoms with Crippen LogP contribution in [-0.2, 0) is 32.2 Å². The number of fused-ring (bicyclic) bond motifs is 1. The van der Waals surface area contributed by atoms with E-state index in [9.17, 15) is 28.8 Å². The molecule has 4 atom stereocenters. The van der Waals surface area contributed by atoms with Crippen LogP contribution in [0.5, 0.6) is 5.75 Å². The molecule has 4 rings (SSSR count). The number of phenolic OH excluding ortho intramolecular Hbond substituents is 1. The van der Waals surface area contributed by atoms with Crippen LogP contribution in [0, 0.1) is 0 Å². The largest absolute Gasteiger partial charge is 0.508 e. The van der Waals surface area contributed by atoms with Gasteiger partial charge in [0, 0.05) is 23.4 Å². The Morgan fingerprint density at radius 3 is 2.66 bits per heavy atom. The van der Waals surface area contributed by atoms with Crippen LogP contribution in [0.2, 0.25) is 0 Å². The highest BCUT2D eigenvalue weighted by Gasteiger charge is 2.54. The van der Waals surface area contributed by atoms with Crippen molar-refractivity contribution >= 4 is 52.1 Å². The second kappa shape index (κ2) is 10.4. The number of hydrogen-bond acceptors (Lipinski definition) is 10. The number of aromatic hydroxyl groups is 1. The first-order chi connectivity index (χ1) is 16.7. The maximum atomic E-state index is 12.9.